The van der Waals surface area contributed by atoms with Crippen LogP contribution in [0.25, 0.3) is 0 Å². The van der Waals surface area contributed by atoms with E-state index in [4.69, 9.17) is 0 Å². The lowest BCUT2D eigenvalue weighted by atomic mass is 9.97. The van der Waals surface area contributed by atoms with E-state index in [1.54, 1.807) is 13.8 Å². The molecule has 0 aliphatic carbocycles. The van der Waals surface area contributed by atoms with Crippen molar-refractivity contribution in [1.29, 1.82) is 0 Å². The maximum absolute atomic E-state index is 13.5. The van der Waals surface area contributed by atoms with Crippen LogP contribution in [0, 0.1) is 5.92 Å². The van der Waals surface area contributed by atoms with Crippen LogP contribution in [0.4, 0.5) is 13.2 Å². The summed E-state index contributed by atoms with van der Waals surface area (Å²) in [5.74, 6) is -1.70. The highest BCUT2D eigenvalue weighted by Gasteiger charge is 2.54. The number of amides is 1. The summed E-state index contributed by atoms with van der Waals surface area (Å²) in [6, 6.07) is -1.04. The topological polar surface area (TPSA) is 84.5 Å². The zero-order chi connectivity index (χ0) is 20.9. The van der Waals surface area contributed by atoms with Crippen molar-refractivity contribution in [1.82, 2.24) is 10.0 Å². The van der Waals surface area contributed by atoms with E-state index in [2.05, 4.69) is 10.1 Å². The largest absolute Gasteiger partial charge is 0.467 e. The Balaban J connectivity index is 5.36. The fourth-order valence-electron chi connectivity index (χ4n) is 1.95. The van der Waals surface area contributed by atoms with Gasteiger partial charge in [0.15, 0.2) is 0 Å². The molecule has 0 spiro atoms. The minimum atomic E-state index is -4.83. The second-order valence-electron chi connectivity index (χ2n) is 7.76. The van der Waals surface area contributed by atoms with Crippen molar-refractivity contribution in [2.45, 2.75) is 76.9 Å². The molecular formula is C16H29F3N2O4S. The van der Waals surface area contributed by atoms with Gasteiger partial charge in [-0.25, -0.2) is 13.7 Å². The number of hydrogen-bond donors (Lipinski definition) is 2. The van der Waals surface area contributed by atoms with Gasteiger partial charge in [-0.2, -0.15) is 13.2 Å². The highest BCUT2D eigenvalue weighted by molar-refractivity contribution is 7.84. The van der Waals surface area contributed by atoms with E-state index < -0.39 is 51.8 Å². The molecule has 10 heteroatoms. The zero-order valence-electron chi connectivity index (χ0n) is 16.2. The van der Waals surface area contributed by atoms with Crippen molar-refractivity contribution in [3.8, 4) is 0 Å². The number of carbonyl (C=O) groups is 2. The number of ether oxygens (including phenoxy) is 1. The summed E-state index contributed by atoms with van der Waals surface area (Å²) in [6.45, 7) is 8.92. The van der Waals surface area contributed by atoms with E-state index in [1.807, 2.05) is 4.72 Å². The standard InChI is InChI=1S/C16H29F3N2O4S/c1-10(2)8-11(13(23)25-7)20-12(22)9-15(6,16(17,18)19)21-26(24)14(3,4)5/h10-11,21H,8-9H2,1-7H3,(H,20,22)/t11-,15+,26-/m0/s1. The molecule has 0 fully saturated rings. The van der Waals surface area contributed by atoms with Gasteiger partial charge in [0.2, 0.25) is 5.91 Å². The zero-order valence-corrected chi connectivity index (χ0v) is 17.1. The molecule has 0 aliphatic rings. The van der Waals surface area contributed by atoms with E-state index >= 15 is 0 Å². The van der Waals surface area contributed by atoms with Gasteiger partial charge in [-0.3, -0.25) is 4.79 Å². The molecule has 0 aromatic rings. The lowest BCUT2D eigenvalue weighted by molar-refractivity contribution is -0.189. The number of rotatable bonds is 8. The highest BCUT2D eigenvalue weighted by atomic mass is 32.2. The van der Waals surface area contributed by atoms with Gasteiger partial charge in [-0.15, -0.1) is 0 Å². The first-order valence-corrected chi connectivity index (χ1v) is 9.32. The van der Waals surface area contributed by atoms with Crippen LogP contribution in [-0.4, -0.2) is 45.7 Å². The van der Waals surface area contributed by atoms with Gasteiger partial charge in [0.05, 0.1) is 29.3 Å². The van der Waals surface area contributed by atoms with Crippen LogP contribution in [0.5, 0.6) is 0 Å². The van der Waals surface area contributed by atoms with Crippen LogP contribution in [0.2, 0.25) is 0 Å². The molecule has 6 nitrogen and oxygen atoms in total. The Morgan fingerprint density at radius 3 is 1.96 bits per heavy atom. The Morgan fingerprint density at radius 1 is 1.12 bits per heavy atom. The predicted octanol–water partition coefficient (Wildman–Crippen LogP) is 2.45. The fraction of sp³-hybridized carbons (Fsp3) is 0.875. The fourth-order valence-corrected chi connectivity index (χ4v) is 2.85. The van der Waals surface area contributed by atoms with Crippen LogP contribution >= 0.6 is 0 Å². The average molecular weight is 402 g/mol. The molecule has 0 bridgehead atoms. The van der Waals surface area contributed by atoms with Gasteiger partial charge in [-0.1, -0.05) is 13.8 Å². The molecule has 0 aromatic carbocycles. The minimum absolute atomic E-state index is 0.0138. The molecule has 1 amide bonds. The van der Waals surface area contributed by atoms with Crippen LogP contribution in [0.3, 0.4) is 0 Å². The Hall–Kier alpha value is -1.16. The first kappa shape index (κ1) is 24.8. The second kappa shape index (κ2) is 9.16. The first-order valence-electron chi connectivity index (χ1n) is 8.17. The number of hydrogen-bond acceptors (Lipinski definition) is 4. The molecule has 26 heavy (non-hydrogen) atoms. The van der Waals surface area contributed by atoms with Crippen molar-refractivity contribution in [2.75, 3.05) is 7.11 Å². The van der Waals surface area contributed by atoms with E-state index in [0.717, 1.165) is 14.0 Å². The molecule has 0 radical (unpaired) electrons. The summed E-state index contributed by atoms with van der Waals surface area (Å²) in [6.07, 6.45) is -5.63. The minimum Gasteiger partial charge on any atom is -0.467 e. The maximum atomic E-state index is 13.5. The van der Waals surface area contributed by atoms with Crippen LogP contribution in [0.1, 0.15) is 54.4 Å². The molecular weight excluding hydrogens is 373 g/mol. The summed E-state index contributed by atoms with van der Waals surface area (Å²) in [5.41, 5.74) is -2.71. The van der Waals surface area contributed by atoms with E-state index in [1.165, 1.54) is 20.8 Å². The van der Waals surface area contributed by atoms with Gasteiger partial charge >= 0.3 is 12.1 Å². The van der Waals surface area contributed by atoms with Gasteiger partial charge in [0.1, 0.15) is 11.6 Å². The molecule has 0 saturated carbocycles. The summed E-state index contributed by atoms with van der Waals surface area (Å²) >= 11 is 0. The Morgan fingerprint density at radius 2 is 1.62 bits per heavy atom. The number of methoxy groups -OCH3 is 1. The molecule has 0 saturated heterocycles. The summed E-state index contributed by atoms with van der Waals surface area (Å²) < 4.78 is 58.3. The van der Waals surface area contributed by atoms with Crippen molar-refractivity contribution in [2.24, 2.45) is 5.92 Å². The Labute approximate surface area is 155 Å². The first-order chi connectivity index (χ1) is 11.5. The van der Waals surface area contributed by atoms with E-state index in [-0.39, 0.29) is 12.3 Å². The molecule has 0 heterocycles. The number of alkyl halides is 3. The number of carbonyl (C=O) groups excluding carboxylic acids is 2. The predicted molar refractivity (Wildman–Crippen MR) is 93.5 cm³/mol. The van der Waals surface area contributed by atoms with Crippen LogP contribution < -0.4 is 10.0 Å². The third-order valence-electron chi connectivity index (χ3n) is 3.54. The lowest BCUT2D eigenvalue weighted by Gasteiger charge is -2.34. The van der Waals surface area contributed by atoms with E-state index in [0.29, 0.717) is 0 Å². The van der Waals surface area contributed by atoms with Crippen molar-refractivity contribution in [3.05, 3.63) is 0 Å². The van der Waals surface area contributed by atoms with Crippen molar-refractivity contribution in [3.63, 3.8) is 0 Å². The van der Waals surface area contributed by atoms with Gasteiger partial charge in [0, 0.05) is 0 Å². The molecule has 154 valence electrons. The molecule has 0 aliphatic heterocycles. The molecule has 3 atom stereocenters. The SMILES string of the molecule is COC(=O)[C@H](CC(C)C)NC(=O)C[C@@](C)(N[S@@](=O)C(C)(C)C)C(F)(F)F. The third-order valence-corrected chi connectivity index (χ3v) is 5.29. The molecule has 0 unspecified atom stereocenters. The highest BCUT2D eigenvalue weighted by Crippen LogP contribution is 2.34. The number of nitrogens with one attached hydrogen (secondary N) is 2. The summed E-state index contributed by atoms with van der Waals surface area (Å²) in [5, 5.41) is 2.29. The normalized spacial score (nSPS) is 17.3. The molecule has 2 N–H and O–H groups in total. The van der Waals surface area contributed by atoms with Gasteiger partial charge in [0.25, 0.3) is 0 Å². The smallest absolute Gasteiger partial charge is 0.407 e. The molecule has 0 rings (SSSR count). The third kappa shape index (κ3) is 7.61. The summed E-state index contributed by atoms with van der Waals surface area (Å²) in [4.78, 5) is 23.9. The monoisotopic (exact) mass is 402 g/mol. The van der Waals surface area contributed by atoms with Crippen molar-refractivity contribution < 1.29 is 31.7 Å². The van der Waals surface area contributed by atoms with Gasteiger partial charge in [-0.05, 0) is 40.0 Å². The Bertz CT molecular complexity index is 533. The molecule has 0 aromatic heterocycles. The lowest BCUT2D eigenvalue weighted by Crippen LogP contribution is -2.60. The second-order valence-corrected chi connectivity index (χ2v) is 9.73. The number of esters is 1. The Kier molecular flexibility index (Phi) is 8.75. The summed E-state index contributed by atoms with van der Waals surface area (Å²) in [7, 11) is -0.909. The van der Waals surface area contributed by atoms with Crippen LogP contribution in [-0.2, 0) is 25.3 Å². The maximum Gasteiger partial charge on any atom is 0.407 e. The van der Waals surface area contributed by atoms with Gasteiger partial charge < -0.3 is 10.1 Å². The quantitative estimate of drug-likeness (QED) is 0.611. The van der Waals surface area contributed by atoms with Crippen molar-refractivity contribution >= 4 is 22.9 Å². The van der Waals surface area contributed by atoms with Crippen LogP contribution in [0.15, 0.2) is 0 Å². The van der Waals surface area contributed by atoms with E-state index in [9.17, 15) is 27.0 Å². The number of halogens is 3. The average Bonchev–Trinajstić information content (AvgIpc) is 2.42.